The summed E-state index contributed by atoms with van der Waals surface area (Å²) in [5.74, 6) is 0. The summed E-state index contributed by atoms with van der Waals surface area (Å²) in [7, 11) is 7.50. The molecular formula is C19H36N2OSi. The van der Waals surface area contributed by atoms with Crippen molar-refractivity contribution in [2.24, 2.45) is 5.41 Å². The lowest BCUT2D eigenvalue weighted by molar-refractivity contribution is 0.174. The van der Waals surface area contributed by atoms with Gasteiger partial charge < -0.3 is 14.2 Å². The van der Waals surface area contributed by atoms with E-state index in [0.29, 0.717) is 5.41 Å². The Kier molecular flexibility index (Phi) is 9.06. The Balaban J connectivity index is 2.69. The minimum atomic E-state index is -1.20. The molecule has 0 bridgehead atoms. The summed E-state index contributed by atoms with van der Waals surface area (Å²) in [6, 6.07) is 13.3. The average molecular weight is 337 g/mol. The molecule has 3 nitrogen and oxygen atoms in total. The first-order valence-electron chi connectivity index (χ1n) is 8.79. The summed E-state index contributed by atoms with van der Waals surface area (Å²) in [4.78, 5) is 4.64. The third-order valence-corrected chi connectivity index (χ3v) is 7.29. The Bertz CT molecular complexity index is 413. The van der Waals surface area contributed by atoms with Gasteiger partial charge in [-0.3, -0.25) is 0 Å². The topological polar surface area (TPSA) is 15.7 Å². The first-order chi connectivity index (χ1) is 10.8. The van der Waals surface area contributed by atoms with E-state index >= 15 is 0 Å². The van der Waals surface area contributed by atoms with Crippen LogP contribution in [-0.2, 0) is 10.8 Å². The summed E-state index contributed by atoms with van der Waals surface area (Å²) in [6.45, 7) is 7.65. The second kappa shape index (κ2) is 10.2. The van der Waals surface area contributed by atoms with Crippen LogP contribution in [0.3, 0.4) is 0 Å². The maximum atomic E-state index is 6.22. The lowest BCUT2D eigenvalue weighted by Crippen LogP contribution is -2.42. The van der Waals surface area contributed by atoms with Gasteiger partial charge in [0.15, 0.2) is 9.04 Å². The molecule has 0 aliphatic heterocycles. The van der Waals surface area contributed by atoms with Crippen LogP contribution in [0.15, 0.2) is 30.3 Å². The fourth-order valence-corrected chi connectivity index (χ4v) is 6.68. The summed E-state index contributed by atoms with van der Waals surface area (Å²) >= 11 is 0. The van der Waals surface area contributed by atoms with Crippen LogP contribution in [0.1, 0.15) is 19.4 Å². The van der Waals surface area contributed by atoms with E-state index in [0.717, 1.165) is 26.1 Å². The molecule has 0 amide bonds. The van der Waals surface area contributed by atoms with Crippen molar-refractivity contribution in [1.82, 2.24) is 9.80 Å². The second-order valence-electron chi connectivity index (χ2n) is 7.59. The van der Waals surface area contributed by atoms with E-state index in [-0.39, 0.29) is 0 Å². The van der Waals surface area contributed by atoms with E-state index in [1.807, 2.05) is 0 Å². The van der Waals surface area contributed by atoms with Gasteiger partial charge in [-0.1, -0.05) is 37.3 Å². The maximum Gasteiger partial charge on any atom is 0.177 e. The van der Waals surface area contributed by atoms with Gasteiger partial charge in [-0.2, -0.15) is 0 Å². The first kappa shape index (κ1) is 20.4. The maximum absolute atomic E-state index is 6.22. The molecule has 0 aromatic heterocycles. The highest BCUT2D eigenvalue weighted by atomic mass is 28.3. The summed E-state index contributed by atoms with van der Waals surface area (Å²) in [5.41, 5.74) is 1.74. The van der Waals surface area contributed by atoms with Gasteiger partial charge in [-0.25, -0.2) is 0 Å². The third-order valence-electron chi connectivity index (χ3n) is 4.12. The van der Waals surface area contributed by atoms with Crippen LogP contribution in [0.2, 0.25) is 12.1 Å². The molecule has 132 valence electrons. The van der Waals surface area contributed by atoms with Gasteiger partial charge >= 0.3 is 0 Å². The number of aryl methyl sites for hydroxylation is 1. The summed E-state index contributed by atoms with van der Waals surface area (Å²) in [5, 5.41) is 0. The van der Waals surface area contributed by atoms with E-state index in [1.165, 1.54) is 17.7 Å². The van der Waals surface area contributed by atoms with Crippen molar-refractivity contribution in [2.75, 3.05) is 47.9 Å². The molecule has 0 aliphatic rings. The summed E-state index contributed by atoms with van der Waals surface area (Å²) < 4.78 is 6.22. The summed E-state index contributed by atoms with van der Waals surface area (Å²) in [6.07, 6.45) is 1.15. The molecule has 1 unspecified atom stereocenters. The largest absolute Gasteiger partial charge is 0.420 e. The Hall–Kier alpha value is -0.683. The zero-order valence-electron chi connectivity index (χ0n) is 16.0. The highest BCUT2D eigenvalue weighted by Crippen LogP contribution is 2.28. The molecule has 0 radical (unpaired) electrons. The smallest absolute Gasteiger partial charge is 0.177 e. The Morgan fingerprint density at radius 2 is 1.57 bits per heavy atom. The Labute approximate surface area is 145 Å². The number of rotatable bonds is 11. The second-order valence-corrected chi connectivity index (χ2v) is 10.2. The first-order valence-corrected chi connectivity index (χ1v) is 10.9. The van der Waals surface area contributed by atoms with Crippen molar-refractivity contribution in [3.63, 3.8) is 0 Å². The molecule has 0 saturated heterocycles. The fraction of sp³-hybridized carbons (Fsp3) is 0.684. The van der Waals surface area contributed by atoms with Gasteiger partial charge in [-0.15, -0.1) is 0 Å². The monoisotopic (exact) mass is 336 g/mol. The third kappa shape index (κ3) is 8.65. The molecule has 0 heterocycles. The molecule has 1 rings (SSSR count). The van der Waals surface area contributed by atoms with Crippen molar-refractivity contribution in [1.29, 1.82) is 0 Å². The highest BCUT2D eigenvalue weighted by molar-refractivity contribution is 6.52. The highest BCUT2D eigenvalue weighted by Gasteiger charge is 2.31. The van der Waals surface area contributed by atoms with Gasteiger partial charge in [-0.05, 0) is 64.6 Å². The van der Waals surface area contributed by atoms with Gasteiger partial charge in [0, 0.05) is 19.7 Å². The molecule has 0 N–H and O–H groups in total. The van der Waals surface area contributed by atoms with Crippen molar-refractivity contribution in [2.45, 2.75) is 32.4 Å². The van der Waals surface area contributed by atoms with Crippen LogP contribution < -0.4 is 0 Å². The van der Waals surface area contributed by atoms with Gasteiger partial charge in [0.05, 0.1) is 0 Å². The predicted molar refractivity (Wildman–Crippen MR) is 104 cm³/mol. The van der Waals surface area contributed by atoms with Crippen LogP contribution in [0.4, 0.5) is 0 Å². The average Bonchev–Trinajstić information content (AvgIpc) is 2.44. The van der Waals surface area contributed by atoms with Gasteiger partial charge in [0.1, 0.15) is 0 Å². The SMILES string of the molecule is CCO[SiH](CCc1ccccc1)CC(C)(CN(C)C)CN(C)C. The van der Waals surface area contributed by atoms with Crippen molar-refractivity contribution in [3.8, 4) is 0 Å². The molecule has 1 aromatic rings. The molecule has 0 aliphatic carbocycles. The molecule has 0 saturated carbocycles. The van der Waals surface area contributed by atoms with E-state index in [4.69, 9.17) is 4.43 Å². The fourth-order valence-electron chi connectivity index (χ4n) is 3.71. The normalized spacial score (nSPS) is 13.7. The number of hydrogen-bond donors (Lipinski definition) is 0. The van der Waals surface area contributed by atoms with Crippen LogP contribution in [-0.4, -0.2) is 66.7 Å². The van der Waals surface area contributed by atoms with Gasteiger partial charge in [0.25, 0.3) is 0 Å². The van der Waals surface area contributed by atoms with E-state index in [2.05, 4.69) is 82.2 Å². The quantitative estimate of drug-likeness (QED) is 0.578. The zero-order valence-corrected chi connectivity index (χ0v) is 17.2. The van der Waals surface area contributed by atoms with E-state index < -0.39 is 9.04 Å². The Morgan fingerprint density at radius 1 is 1.00 bits per heavy atom. The van der Waals surface area contributed by atoms with Crippen LogP contribution >= 0.6 is 0 Å². The van der Waals surface area contributed by atoms with Gasteiger partial charge in [0.2, 0.25) is 0 Å². The zero-order chi connectivity index (χ0) is 17.3. The van der Waals surface area contributed by atoms with E-state index in [1.54, 1.807) is 0 Å². The minimum absolute atomic E-state index is 0.301. The van der Waals surface area contributed by atoms with Crippen LogP contribution in [0.25, 0.3) is 0 Å². The molecular weight excluding hydrogens is 300 g/mol. The van der Waals surface area contributed by atoms with E-state index in [9.17, 15) is 0 Å². The van der Waals surface area contributed by atoms with Crippen molar-refractivity contribution < 1.29 is 4.43 Å². The molecule has 1 aromatic carbocycles. The van der Waals surface area contributed by atoms with Crippen LogP contribution in [0, 0.1) is 5.41 Å². The molecule has 0 spiro atoms. The molecule has 1 atom stereocenters. The predicted octanol–water partition coefficient (Wildman–Crippen LogP) is 3.12. The number of benzene rings is 1. The minimum Gasteiger partial charge on any atom is -0.420 e. The lowest BCUT2D eigenvalue weighted by atomic mass is 9.92. The number of hydrogen-bond acceptors (Lipinski definition) is 3. The van der Waals surface area contributed by atoms with Crippen molar-refractivity contribution >= 4 is 9.04 Å². The molecule has 0 fully saturated rings. The number of nitrogens with zero attached hydrogens (tertiary/aromatic N) is 2. The van der Waals surface area contributed by atoms with Crippen LogP contribution in [0.5, 0.6) is 0 Å². The standard InChI is InChI=1S/C19H36N2OSi/c1-7-22-23(14-13-18-11-9-8-10-12-18)17-19(2,15-20(3)4)16-21(5)6/h8-12,23H,7,13-17H2,1-6H3. The lowest BCUT2D eigenvalue weighted by Gasteiger charge is -2.37. The van der Waals surface area contributed by atoms with Crippen molar-refractivity contribution in [3.05, 3.63) is 35.9 Å². The Morgan fingerprint density at radius 3 is 2.04 bits per heavy atom. The molecule has 23 heavy (non-hydrogen) atoms. The molecule has 4 heteroatoms.